The Bertz CT molecular complexity index is 625. The fourth-order valence-electron chi connectivity index (χ4n) is 1.75. The first-order chi connectivity index (χ1) is 9.54. The van der Waals surface area contributed by atoms with E-state index < -0.39 is 5.97 Å². The topological polar surface area (TPSA) is 88.2 Å². The molecule has 0 amide bonds. The molecule has 0 spiro atoms. The highest BCUT2D eigenvalue weighted by Gasteiger charge is 2.18. The summed E-state index contributed by atoms with van der Waals surface area (Å²) in [6, 6.07) is 5.40. The Balaban J connectivity index is 2.53. The number of thioether (sulfide) groups is 1. The molecule has 0 bridgehead atoms. The summed E-state index contributed by atoms with van der Waals surface area (Å²) in [4.78, 5) is 10.7. The summed E-state index contributed by atoms with van der Waals surface area (Å²) in [7, 11) is 0. The van der Waals surface area contributed by atoms with Gasteiger partial charge in [0.2, 0.25) is 0 Å². The third-order valence-electron chi connectivity index (χ3n) is 2.58. The highest BCUT2D eigenvalue weighted by atomic mass is 35.5. The number of aromatic nitrogens is 3. The molecule has 0 aliphatic rings. The molecule has 1 aromatic carbocycles. The molecule has 0 saturated heterocycles. The molecular weight excluding hydrogens is 302 g/mol. The number of carboxylic acids is 1. The van der Waals surface area contributed by atoms with Crippen LogP contribution in [0.1, 0.15) is 11.4 Å². The van der Waals surface area contributed by atoms with Gasteiger partial charge in [0.25, 0.3) is 0 Å². The second-order valence-electron chi connectivity index (χ2n) is 3.98. The van der Waals surface area contributed by atoms with Gasteiger partial charge in [-0.05, 0) is 18.6 Å². The van der Waals surface area contributed by atoms with Gasteiger partial charge < -0.3 is 10.2 Å². The minimum atomic E-state index is -0.953. The fourth-order valence-corrected chi connectivity index (χ4v) is 2.74. The van der Waals surface area contributed by atoms with Crippen LogP contribution in [0.5, 0.6) is 0 Å². The molecule has 0 radical (unpaired) electrons. The largest absolute Gasteiger partial charge is 0.481 e. The van der Waals surface area contributed by atoms with E-state index in [0.717, 1.165) is 17.3 Å². The fraction of sp³-hybridized carbons (Fsp3) is 0.250. The Morgan fingerprint density at radius 1 is 1.45 bits per heavy atom. The Morgan fingerprint density at radius 3 is 2.80 bits per heavy atom. The van der Waals surface area contributed by atoms with E-state index in [4.69, 9.17) is 16.7 Å². The summed E-state index contributed by atoms with van der Waals surface area (Å²) in [6.45, 7) is 1.55. The van der Waals surface area contributed by atoms with Crippen LogP contribution >= 0.6 is 23.4 Å². The first-order valence-corrected chi connectivity index (χ1v) is 7.06. The Kier molecular flexibility index (Phi) is 4.64. The number of benzene rings is 1. The van der Waals surface area contributed by atoms with Gasteiger partial charge in [0.1, 0.15) is 6.61 Å². The Hall–Kier alpha value is -1.57. The van der Waals surface area contributed by atoms with Crippen molar-refractivity contribution in [1.82, 2.24) is 14.8 Å². The average Bonchev–Trinajstić information content (AvgIpc) is 2.79. The Labute approximate surface area is 124 Å². The summed E-state index contributed by atoms with van der Waals surface area (Å²) in [5, 5.41) is 26.8. The molecular formula is C12H12ClN3O3S. The average molecular weight is 314 g/mol. The molecule has 1 aromatic heterocycles. The van der Waals surface area contributed by atoms with Crippen molar-refractivity contribution < 1.29 is 15.0 Å². The van der Waals surface area contributed by atoms with E-state index in [2.05, 4.69) is 10.2 Å². The first kappa shape index (κ1) is 14.8. The molecule has 6 nitrogen and oxygen atoms in total. The number of rotatable bonds is 5. The number of halogens is 1. The maximum Gasteiger partial charge on any atom is 0.313 e. The molecule has 1 heterocycles. The van der Waals surface area contributed by atoms with Crippen LogP contribution in [0.4, 0.5) is 0 Å². The van der Waals surface area contributed by atoms with Crippen molar-refractivity contribution in [3.63, 3.8) is 0 Å². The second kappa shape index (κ2) is 6.25. The summed E-state index contributed by atoms with van der Waals surface area (Å²) >= 11 is 7.22. The van der Waals surface area contributed by atoms with Crippen molar-refractivity contribution in [2.45, 2.75) is 18.7 Å². The maximum absolute atomic E-state index is 10.7. The third-order valence-corrected chi connectivity index (χ3v) is 3.80. The highest BCUT2D eigenvalue weighted by Crippen LogP contribution is 2.29. The molecule has 0 aliphatic carbocycles. The lowest BCUT2D eigenvalue weighted by atomic mass is 10.2. The summed E-state index contributed by atoms with van der Waals surface area (Å²) < 4.78 is 1.59. The predicted molar refractivity (Wildman–Crippen MR) is 75.4 cm³/mol. The van der Waals surface area contributed by atoms with Crippen LogP contribution in [-0.2, 0) is 11.4 Å². The third kappa shape index (κ3) is 2.95. The standard InChI is InChI=1S/C12H12ClN3O3S/c1-7-3-2-4-8(13)11(7)16-9(5-17)14-15-12(16)20-6-10(18)19/h2-4,17H,5-6H2,1H3,(H,18,19). The van der Waals surface area contributed by atoms with Gasteiger partial charge in [-0.25, -0.2) is 0 Å². The van der Waals surface area contributed by atoms with E-state index in [1.807, 2.05) is 19.1 Å². The molecule has 20 heavy (non-hydrogen) atoms. The monoisotopic (exact) mass is 313 g/mol. The SMILES string of the molecule is Cc1cccc(Cl)c1-n1c(CO)nnc1SCC(=O)O. The van der Waals surface area contributed by atoms with Crippen LogP contribution in [0.3, 0.4) is 0 Å². The van der Waals surface area contributed by atoms with Crippen LogP contribution in [-0.4, -0.2) is 36.7 Å². The van der Waals surface area contributed by atoms with Gasteiger partial charge >= 0.3 is 5.97 Å². The van der Waals surface area contributed by atoms with E-state index in [1.165, 1.54) is 0 Å². The van der Waals surface area contributed by atoms with Crippen molar-refractivity contribution in [1.29, 1.82) is 0 Å². The molecule has 2 N–H and O–H groups in total. The molecule has 2 aromatic rings. The molecule has 106 valence electrons. The van der Waals surface area contributed by atoms with Crippen LogP contribution in [0.15, 0.2) is 23.4 Å². The maximum atomic E-state index is 10.7. The number of hydrogen-bond acceptors (Lipinski definition) is 5. The number of carboxylic acid groups (broad SMARTS) is 1. The number of aliphatic carboxylic acids is 1. The Morgan fingerprint density at radius 2 is 2.20 bits per heavy atom. The van der Waals surface area contributed by atoms with Crippen LogP contribution in [0.25, 0.3) is 5.69 Å². The minimum absolute atomic E-state index is 0.146. The van der Waals surface area contributed by atoms with E-state index in [0.29, 0.717) is 21.7 Å². The van der Waals surface area contributed by atoms with Gasteiger partial charge in [0.05, 0.1) is 16.5 Å². The molecule has 0 fully saturated rings. The van der Waals surface area contributed by atoms with E-state index in [-0.39, 0.29) is 12.4 Å². The minimum Gasteiger partial charge on any atom is -0.481 e. The number of aliphatic hydroxyl groups excluding tert-OH is 1. The van der Waals surface area contributed by atoms with Crippen LogP contribution in [0, 0.1) is 6.92 Å². The first-order valence-electron chi connectivity index (χ1n) is 5.69. The number of aliphatic hydroxyl groups is 1. The lowest BCUT2D eigenvalue weighted by Crippen LogP contribution is -2.07. The number of hydrogen-bond donors (Lipinski definition) is 2. The second-order valence-corrected chi connectivity index (χ2v) is 5.33. The number of nitrogens with zero attached hydrogens (tertiary/aromatic N) is 3. The van der Waals surface area contributed by atoms with E-state index >= 15 is 0 Å². The van der Waals surface area contributed by atoms with Gasteiger partial charge in [0.15, 0.2) is 11.0 Å². The van der Waals surface area contributed by atoms with Crippen LogP contribution < -0.4 is 0 Å². The summed E-state index contributed by atoms with van der Waals surface area (Å²) in [5.41, 5.74) is 1.53. The normalized spacial score (nSPS) is 10.8. The quantitative estimate of drug-likeness (QED) is 0.820. The molecule has 0 unspecified atom stereocenters. The van der Waals surface area contributed by atoms with Crippen molar-refractivity contribution in [3.05, 3.63) is 34.6 Å². The van der Waals surface area contributed by atoms with Crippen LogP contribution in [0.2, 0.25) is 5.02 Å². The summed E-state index contributed by atoms with van der Waals surface area (Å²) in [5.74, 6) is -0.785. The zero-order chi connectivity index (χ0) is 14.7. The molecule has 0 atom stereocenters. The molecule has 8 heteroatoms. The van der Waals surface area contributed by atoms with E-state index in [1.54, 1.807) is 10.6 Å². The van der Waals surface area contributed by atoms with Crippen molar-refractivity contribution in [2.75, 3.05) is 5.75 Å². The highest BCUT2D eigenvalue weighted by molar-refractivity contribution is 7.99. The van der Waals surface area contributed by atoms with Gasteiger partial charge in [-0.3, -0.25) is 9.36 Å². The van der Waals surface area contributed by atoms with Crippen molar-refractivity contribution in [3.8, 4) is 5.69 Å². The number of aryl methyl sites for hydroxylation is 1. The molecule has 2 rings (SSSR count). The number of carbonyl (C=O) groups is 1. The lowest BCUT2D eigenvalue weighted by molar-refractivity contribution is -0.133. The lowest BCUT2D eigenvalue weighted by Gasteiger charge is -2.13. The molecule has 0 aliphatic heterocycles. The van der Waals surface area contributed by atoms with Gasteiger partial charge in [0, 0.05) is 0 Å². The number of para-hydroxylation sites is 1. The van der Waals surface area contributed by atoms with E-state index in [9.17, 15) is 9.90 Å². The van der Waals surface area contributed by atoms with Crippen molar-refractivity contribution in [2.24, 2.45) is 0 Å². The van der Waals surface area contributed by atoms with Gasteiger partial charge in [-0.2, -0.15) is 0 Å². The zero-order valence-corrected chi connectivity index (χ0v) is 12.1. The summed E-state index contributed by atoms with van der Waals surface area (Å²) in [6.07, 6.45) is 0. The zero-order valence-electron chi connectivity index (χ0n) is 10.6. The van der Waals surface area contributed by atoms with Gasteiger partial charge in [-0.15, -0.1) is 10.2 Å². The predicted octanol–water partition coefficient (Wildman–Crippen LogP) is 1.90. The van der Waals surface area contributed by atoms with Gasteiger partial charge in [-0.1, -0.05) is 35.5 Å². The smallest absolute Gasteiger partial charge is 0.313 e. The van der Waals surface area contributed by atoms with Crippen molar-refractivity contribution >= 4 is 29.3 Å². The molecule has 0 saturated carbocycles.